The van der Waals surface area contributed by atoms with Crippen molar-refractivity contribution >= 4 is 33.4 Å². The number of carbonyl (C=O) groups excluding carboxylic acids is 1. The molecule has 328 valence electrons. The molecular formula is C52H58N10O2. The number of hydrogen-bond acceptors (Lipinski definition) is 6. The third kappa shape index (κ3) is 18.5. The molecule has 0 aliphatic carbocycles. The quantitative estimate of drug-likeness (QED) is 0.0732. The van der Waals surface area contributed by atoms with Crippen LogP contribution in [0.5, 0.6) is 0 Å². The molecule has 0 radical (unpaired) electrons. The number of carbonyl (C=O) groups is 1. The molecule has 0 spiro atoms. The van der Waals surface area contributed by atoms with Crippen molar-refractivity contribution < 1.29 is 23.3 Å². The number of fused-ring (bicyclic) bond motifs is 2. The molecule has 0 atom stereocenters. The Kier molecular flexibility index (Phi) is 22.4. The predicted octanol–water partition coefficient (Wildman–Crippen LogP) is 8.60. The van der Waals surface area contributed by atoms with Gasteiger partial charge < -0.3 is 20.5 Å². The Morgan fingerprint density at radius 2 is 1.27 bits per heavy atom. The van der Waals surface area contributed by atoms with Crippen LogP contribution in [0.3, 0.4) is 0 Å². The van der Waals surface area contributed by atoms with Crippen molar-refractivity contribution in [3.8, 4) is 155 Å². The third-order valence-electron chi connectivity index (χ3n) is 8.21. The van der Waals surface area contributed by atoms with Crippen molar-refractivity contribution in [2.75, 3.05) is 25.9 Å². The maximum Gasteiger partial charge on any atom is 0.268 e. The Balaban J connectivity index is -0.0000000998. The molecule has 64 heavy (non-hydrogen) atoms. The summed E-state index contributed by atoms with van der Waals surface area (Å²) in [5, 5.41) is 15.4. The van der Waals surface area contributed by atoms with Crippen LogP contribution in [-0.4, -0.2) is 40.5 Å². The third-order valence-corrected chi connectivity index (χ3v) is 8.21. The Morgan fingerprint density at radius 3 is 1.75 bits per heavy atom. The van der Waals surface area contributed by atoms with Crippen molar-refractivity contribution in [2.45, 2.75) is 25.9 Å². The number of nitrogens with two attached hydrogens (primary N) is 1. The molecule has 5 rings (SSSR count). The molecule has 1 aliphatic rings. The van der Waals surface area contributed by atoms with Crippen LogP contribution in [0.2, 0.25) is 0 Å². The summed E-state index contributed by atoms with van der Waals surface area (Å²) in [6.45, 7) is 3.58. The van der Waals surface area contributed by atoms with Gasteiger partial charge in [0.1, 0.15) is 16.8 Å². The van der Waals surface area contributed by atoms with Crippen LogP contribution in [0.25, 0.3) is 21.7 Å². The molecule has 0 unspecified atom stereocenters. The van der Waals surface area contributed by atoms with Gasteiger partial charge in [-0.2, -0.15) is 5.53 Å². The zero-order valence-corrected chi connectivity index (χ0v) is 34.3. The van der Waals surface area contributed by atoms with Gasteiger partial charge in [0.15, 0.2) is 0 Å². The molecule has 4 N–H and O–H groups in total. The monoisotopic (exact) mass is 854 g/mol. The Labute approximate surface area is 392 Å². The van der Waals surface area contributed by atoms with E-state index in [0.717, 1.165) is 52.6 Å². The van der Waals surface area contributed by atoms with E-state index in [1.807, 2.05) is 41.7 Å². The number of hydrogen-bond donors (Lipinski definition) is 3. The van der Waals surface area contributed by atoms with Gasteiger partial charge >= 0.3 is 0 Å². The number of aromatic nitrogens is 2. The number of likely N-dealkylation sites (tertiary alicyclic amines) is 1. The summed E-state index contributed by atoms with van der Waals surface area (Å²) in [5.41, 5.74) is 14.7. The number of nitrogens with zero attached hydrogens (tertiary/aromatic N) is 7. The first kappa shape index (κ1) is 48.1. The minimum absolute atomic E-state index is 0. The molecule has 1 amide bonds. The number of terminal acetylenes is 2. The van der Waals surface area contributed by atoms with E-state index < -0.39 is 0 Å². The second-order valence-corrected chi connectivity index (χ2v) is 12.3. The summed E-state index contributed by atoms with van der Waals surface area (Å²) in [7, 11) is 2.18. The summed E-state index contributed by atoms with van der Waals surface area (Å²) in [4.78, 5) is 28.7. The summed E-state index contributed by atoms with van der Waals surface area (Å²) >= 11 is 0. The van der Waals surface area contributed by atoms with Gasteiger partial charge in [-0.1, -0.05) is 30.3 Å². The lowest BCUT2D eigenvalue weighted by Gasteiger charge is -2.29. The number of benzene rings is 2. The van der Waals surface area contributed by atoms with Crippen LogP contribution in [0.4, 0.5) is 5.82 Å². The van der Waals surface area contributed by atoms with Crippen LogP contribution in [-0.2, 0) is 13.1 Å². The van der Waals surface area contributed by atoms with Gasteiger partial charge in [0, 0.05) is 107 Å². The normalized spacial score (nSPS) is 10.0. The minimum Gasteiger partial charge on any atom is -0.383 e. The number of para-hydroxylation sites is 1. The summed E-state index contributed by atoms with van der Waals surface area (Å²) < 4.78 is 2.22. The topological polar surface area (TPSA) is 167 Å². The number of nitrogens with one attached hydrogen (secondary N) is 2. The standard InChI is InChI=1S/C26H29N5O.C26H2.HN5O.13H2/c1-30-12-9-18(10-13-30)17-31-23-5-3-2-4-21(23)15-24(31)26(32)29-16-19-6-7-22-20(14-19)8-11-28-25(22)27;1-3-5-7-9-11-13-15-17-19-21-23-25-26-24-22-20-18-16-14-12-10-8-6-4-2;1-2-3-4-5-6;;;;;;;;;;;;;/h2-8,11,14-15,18H,9-10,12-13,16-17H2,1H3,(H2,27,28)(H,29,32);1-2H;1H;13*1H/b;;2-1?,4-3+;;;;;;;;;;;;;. The number of piperidine rings is 1. The van der Waals surface area contributed by atoms with E-state index >= 15 is 0 Å². The Hall–Kier alpha value is -10.3. The zero-order chi connectivity index (χ0) is 45.9. The van der Waals surface area contributed by atoms with Gasteiger partial charge in [0.05, 0.1) is 0 Å². The van der Waals surface area contributed by atoms with E-state index in [9.17, 15) is 4.79 Å². The molecule has 12 nitrogen and oxygen atoms in total. The number of anilines is 1. The van der Waals surface area contributed by atoms with Gasteiger partial charge in [-0.15, -0.1) is 17.8 Å². The fraction of sp³-hybridized carbons (Fsp3) is 0.154. The lowest BCUT2D eigenvalue weighted by molar-refractivity contribution is 0.0939. The van der Waals surface area contributed by atoms with Gasteiger partial charge in [-0.05, 0) is 179 Å². The molecule has 1 aliphatic heterocycles. The summed E-state index contributed by atoms with van der Waals surface area (Å²) in [5.74, 6) is 59.3. The lowest BCUT2D eigenvalue weighted by atomic mass is 9.97. The second kappa shape index (κ2) is 29.8. The fourth-order valence-corrected chi connectivity index (χ4v) is 5.47. The maximum absolute atomic E-state index is 13.2. The maximum atomic E-state index is 13.2. The highest BCUT2D eigenvalue weighted by Gasteiger charge is 2.21. The SMILES string of the molecule is C#CC#CC#CC#CC#CC#CC#CC#CC#CC#CC#CC#CC#C.CN1CCC(Cn2c(C(=O)NCc3ccc4c(N)nccc4c3)cc3ccccc32)CC1.N=N/N=N/N=O.[HH].[HH].[HH].[HH].[HH].[HH].[HH].[HH].[HH].[HH].[HH].[HH].[HH]. The summed E-state index contributed by atoms with van der Waals surface area (Å²) in [6.07, 6.45) is 13.9. The first-order valence-electron chi connectivity index (χ1n) is 18.6. The van der Waals surface area contributed by atoms with Crippen LogP contribution in [0.15, 0.2) is 81.7 Å². The van der Waals surface area contributed by atoms with Crippen molar-refractivity contribution in [1.29, 1.82) is 5.53 Å². The van der Waals surface area contributed by atoms with E-state index in [4.69, 9.17) is 29.0 Å². The molecular weight excluding hydrogens is 797 g/mol. The van der Waals surface area contributed by atoms with E-state index in [0.29, 0.717) is 18.3 Å². The van der Waals surface area contributed by atoms with E-state index in [2.05, 4.69) is 203 Å². The number of nitroso groups, excluding NO2 is 1. The predicted molar refractivity (Wildman–Crippen MR) is 276 cm³/mol. The molecule has 0 saturated carbocycles. The van der Waals surface area contributed by atoms with Crippen molar-refractivity contribution in [1.82, 2.24) is 19.8 Å². The van der Waals surface area contributed by atoms with Crippen LogP contribution < -0.4 is 11.1 Å². The van der Waals surface area contributed by atoms with E-state index in [1.165, 1.54) is 12.8 Å². The van der Waals surface area contributed by atoms with Gasteiger partial charge in [0.25, 0.3) is 5.91 Å². The minimum atomic E-state index is -0.0385. The number of rotatable bonds is 7. The highest BCUT2D eigenvalue weighted by molar-refractivity contribution is 5.99. The highest BCUT2D eigenvalue weighted by Crippen LogP contribution is 2.26. The molecule has 1 saturated heterocycles. The number of nitrogen functional groups attached to an aromatic ring is 1. The van der Waals surface area contributed by atoms with Gasteiger partial charge in [-0.25, -0.2) is 4.98 Å². The molecule has 12 heteroatoms. The zero-order valence-electron chi connectivity index (χ0n) is 34.3. The van der Waals surface area contributed by atoms with E-state index in [-0.39, 0.29) is 24.5 Å². The fourth-order valence-electron chi connectivity index (χ4n) is 5.47. The molecule has 2 aromatic heterocycles. The van der Waals surface area contributed by atoms with Crippen molar-refractivity contribution in [3.05, 3.63) is 77.0 Å². The van der Waals surface area contributed by atoms with Crippen LogP contribution >= 0.6 is 0 Å². The van der Waals surface area contributed by atoms with E-state index in [1.54, 1.807) is 6.20 Å². The smallest absolute Gasteiger partial charge is 0.268 e. The average molecular weight is 855 g/mol. The van der Waals surface area contributed by atoms with Crippen molar-refractivity contribution in [2.24, 2.45) is 26.9 Å². The van der Waals surface area contributed by atoms with Crippen molar-refractivity contribution in [3.63, 3.8) is 0 Å². The molecule has 2 aromatic carbocycles. The Morgan fingerprint density at radius 1 is 0.750 bits per heavy atom. The molecule has 0 bridgehead atoms. The highest BCUT2D eigenvalue weighted by atomic mass is 16.3. The Bertz CT molecular complexity index is 3180. The lowest BCUT2D eigenvalue weighted by Crippen LogP contribution is -2.33. The first-order chi connectivity index (χ1) is 31.4. The summed E-state index contributed by atoms with van der Waals surface area (Å²) in [6, 6.07) is 18.3. The van der Waals surface area contributed by atoms with Crippen LogP contribution in [0, 0.1) is 171 Å². The van der Waals surface area contributed by atoms with Gasteiger partial charge in [0.2, 0.25) is 0 Å². The molecule has 4 aromatic rings. The second-order valence-electron chi connectivity index (χ2n) is 12.3. The largest absolute Gasteiger partial charge is 0.383 e. The van der Waals surface area contributed by atoms with Gasteiger partial charge in [-0.3, -0.25) is 4.79 Å². The number of pyridine rings is 1. The molecule has 3 heterocycles. The van der Waals surface area contributed by atoms with Crippen LogP contribution in [0.1, 0.15) is 47.4 Å². The average Bonchev–Trinajstić information content (AvgIpc) is 3.68. The number of amides is 1. The first-order valence-corrected chi connectivity index (χ1v) is 18.6. The molecule has 1 fully saturated rings.